The molecule has 0 aliphatic carbocycles. The number of aliphatic hydroxyl groups is 28. The van der Waals surface area contributed by atoms with Crippen molar-refractivity contribution in [1.29, 1.82) is 0 Å². The lowest BCUT2D eigenvalue weighted by atomic mass is 9.88. The molecule has 65 heteroatoms. The van der Waals surface area contributed by atoms with Crippen molar-refractivity contribution in [2.24, 2.45) is 0 Å². The number of carbonyl (C=O) groups excluding carboxylic acids is 7. The third kappa shape index (κ3) is 27.7. The van der Waals surface area contributed by atoms with E-state index in [1.807, 2.05) is 0 Å². The van der Waals surface area contributed by atoms with E-state index in [0.717, 1.165) is 48.5 Å². The molecule has 11 saturated heterocycles. The molecule has 7 amide bonds. The van der Waals surface area contributed by atoms with Gasteiger partial charge in [0.15, 0.2) is 62.9 Å². The molecule has 56 atom stereocenters. The van der Waals surface area contributed by atoms with Crippen LogP contribution in [0.5, 0.6) is 0 Å². The minimum absolute atomic E-state index is 0.847. The smallest absolute Gasteiger partial charge is 0.364 e. The molecule has 11 aliphatic rings. The largest absolute Gasteiger partial charge is 0.477 e. The summed E-state index contributed by atoms with van der Waals surface area (Å²) in [5.41, 5.74) is 0. The molecule has 11 rings (SSSR count). The van der Waals surface area contributed by atoms with Crippen molar-refractivity contribution in [2.45, 2.75) is 405 Å². The standard InChI is InChI=1S/C83H137N7O58/c1-20-46(107)59(120)62(123)78(131-20)128-18-38-67(55(116)40(72(125)132-38)85-22(3)99)143-75-43(88-25(6)102)58(119)66(35(16-97)136-75)144-79-63(124)69(145-81-71(61(122)50(111)32(13-94)135-81)147-77-45(90-27(8)104)57(118)64(33(14-95)138-77)141-73-41(86-23(4)100)53(114)48(109)30(11-92)133-73)52(113)36(140-79)17-129-80-70(60(121)49(110)31(12-93)134-80)146-76-44(89-26(7)103)56(117)65(34(15-96)137-76)142-74-42(87-24(5)101)54(115)51(112)37(139-74)19-130-83(82(126)127)9-28(105)39(84-21(2)98)68(148-83)47(108)29(106)10-91/h20,28-81,91-97,105-125H,9-19H2,1-8H3,(H,84,98)(H,85,99)(H,86,100)(H,87,101)(H,88,102)(H,89,103)(H,90,104)(H,126,127)/t20-,28-,29+,30+,31+,32+,33+,34+,35+,36+,37+,38+,39+,40+,41+,42+,43+,44+,45-,46+,47+,48-,49+,50+,51-,52+,53+,54+,55+,56+,57+,58+,59+,60-,61-,62-,63-,64+,65+,66+,67+,68+,69-,70-,71-,72?,73-,74-,75-,76-,77-,78+,79-,80-,81+,83+/m0/s1. The Labute approximate surface area is 838 Å². The van der Waals surface area contributed by atoms with Crippen molar-refractivity contribution >= 4 is 47.3 Å². The van der Waals surface area contributed by atoms with E-state index >= 15 is 0 Å². The van der Waals surface area contributed by atoms with E-state index in [1.165, 1.54) is 6.92 Å². The third-order valence-corrected chi connectivity index (χ3v) is 26.7. The summed E-state index contributed by atoms with van der Waals surface area (Å²) in [4.78, 5) is 103. The summed E-state index contributed by atoms with van der Waals surface area (Å²) in [6.45, 7) is -4.17. The van der Waals surface area contributed by atoms with Gasteiger partial charge in [-0.05, 0) is 6.92 Å². The van der Waals surface area contributed by atoms with Crippen molar-refractivity contribution < 1.29 is 286 Å². The summed E-state index contributed by atoms with van der Waals surface area (Å²) in [6.07, 6.45) is -105. The summed E-state index contributed by atoms with van der Waals surface area (Å²) >= 11 is 0. The Balaban J connectivity index is 0.919. The van der Waals surface area contributed by atoms with Crippen LogP contribution < -0.4 is 37.2 Å². The lowest BCUT2D eigenvalue weighted by Gasteiger charge is -2.51. The molecular weight excluding hydrogens is 2020 g/mol. The number of aliphatic carboxylic acids is 1. The minimum Gasteiger partial charge on any atom is -0.477 e. The first-order chi connectivity index (χ1) is 69.7. The highest BCUT2D eigenvalue weighted by Gasteiger charge is 2.64. The first kappa shape index (κ1) is 122. The molecule has 0 radical (unpaired) electrons. The van der Waals surface area contributed by atoms with Crippen LogP contribution in [0.3, 0.4) is 0 Å². The Morgan fingerprint density at radius 2 is 0.601 bits per heavy atom. The van der Waals surface area contributed by atoms with E-state index in [9.17, 15) is 186 Å². The highest BCUT2D eigenvalue weighted by atomic mass is 16.8. The van der Waals surface area contributed by atoms with Crippen molar-refractivity contribution in [2.75, 3.05) is 66.1 Å². The number of aliphatic hydroxyl groups excluding tert-OH is 28. The summed E-state index contributed by atoms with van der Waals surface area (Å²) in [5.74, 6) is -11.9. The molecular formula is C83H137N7O58. The molecule has 0 aromatic rings. The molecule has 852 valence electrons. The molecule has 1 unspecified atom stereocenters. The zero-order valence-corrected chi connectivity index (χ0v) is 80.3. The molecule has 0 saturated carbocycles. The van der Waals surface area contributed by atoms with Crippen molar-refractivity contribution in [3.05, 3.63) is 0 Å². The number of rotatable bonds is 40. The number of hydrogen-bond donors (Lipinski definition) is 36. The second kappa shape index (κ2) is 53.0. The van der Waals surface area contributed by atoms with Gasteiger partial charge in [-0.1, -0.05) is 0 Å². The monoisotopic (exact) mass is 2160 g/mol. The number of nitrogens with one attached hydrogen (secondary N) is 7. The maximum Gasteiger partial charge on any atom is 0.364 e. The second-order valence-corrected chi connectivity index (χ2v) is 37.5. The van der Waals surface area contributed by atoms with E-state index in [1.54, 1.807) is 0 Å². The molecule has 11 aliphatic heterocycles. The van der Waals surface area contributed by atoms with Crippen LogP contribution in [0.1, 0.15) is 61.8 Å². The minimum atomic E-state index is -3.13. The van der Waals surface area contributed by atoms with Crippen molar-refractivity contribution in [3.63, 3.8) is 0 Å². The quantitative estimate of drug-likeness (QED) is 0.0271. The summed E-state index contributed by atoms with van der Waals surface area (Å²) in [5, 5.41) is 346. The molecule has 0 aromatic carbocycles. The summed E-state index contributed by atoms with van der Waals surface area (Å²) < 4.78 is 127. The fraction of sp³-hybridized carbons (Fsp3) is 0.904. The topological polar surface area (TPSA) is 1000 Å². The van der Waals surface area contributed by atoms with Crippen molar-refractivity contribution in [3.8, 4) is 0 Å². The van der Waals surface area contributed by atoms with E-state index in [-0.39, 0.29) is 0 Å². The first-order valence-corrected chi connectivity index (χ1v) is 47.1. The van der Waals surface area contributed by atoms with Gasteiger partial charge in [0.25, 0.3) is 5.79 Å². The van der Waals surface area contributed by atoms with E-state index in [4.69, 9.17) is 99.5 Å². The third-order valence-electron chi connectivity index (χ3n) is 26.7. The van der Waals surface area contributed by atoms with Crippen molar-refractivity contribution in [1.82, 2.24) is 37.2 Å². The summed E-state index contributed by atoms with van der Waals surface area (Å²) in [7, 11) is 0. The summed E-state index contributed by atoms with van der Waals surface area (Å²) in [6, 6.07) is -13.4. The van der Waals surface area contributed by atoms with Gasteiger partial charge in [0.1, 0.15) is 256 Å². The van der Waals surface area contributed by atoms with Crippen LogP contribution in [0, 0.1) is 0 Å². The van der Waals surface area contributed by atoms with Crippen LogP contribution in [0.15, 0.2) is 0 Å². The fourth-order valence-electron chi connectivity index (χ4n) is 19.1. The fourth-order valence-corrected chi connectivity index (χ4v) is 19.1. The van der Waals surface area contributed by atoms with E-state index < -0.39 is 463 Å². The molecule has 148 heavy (non-hydrogen) atoms. The Kier molecular flexibility index (Phi) is 43.7. The first-order valence-electron chi connectivity index (χ1n) is 47.1. The Morgan fingerprint density at radius 3 is 1.01 bits per heavy atom. The zero-order valence-electron chi connectivity index (χ0n) is 80.3. The molecule has 0 spiro atoms. The molecule has 0 bridgehead atoms. The zero-order chi connectivity index (χ0) is 109. The molecule has 65 nitrogen and oxygen atoms in total. The van der Waals surface area contributed by atoms with Gasteiger partial charge in [-0.2, -0.15) is 0 Å². The van der Waals surface area contributed by atoms with Gasteiger partial charge >= 0.3 is 5.97 Å². The molecule has 0 aromatic heterocycles. The predicted octanol–water partition coefficient (Wildman–Crippen LogP) is -23.7. The van der Waals surface area contributed by atoms with Crippen LogP contribution in [-0.2, 0) is 138 Å². The highest BCUT2D eigenvalue weighted by molar-refractivity contribution is 5.77. The van der Waals surface area contributed by atoms with Gasteiger partial charge in [0.2, 0.25) is 41.4 Å². The Bertz CT molecular complexity index is 4280. The van der Waals surface area contributed by atoms with Crippen LogP contribution in [0.25, 0.3) is 0 Å². The highest BCUT2D eigenvalue weighted by Crippen LogP contribution is 2.43. The number of ether oxygens (including phenoxy) is 21. The number of carboxylic acid groups (broad SMARTS) is 1. The maximum atomic E-state index is 13.4. The SMILES string of the molecule is CC(=O)N[C@@H]1[C@H](O[C@@H]2[C@@H](O[C@@H]3[C@H](O)[C@H](O[C@H]4[C@H](O)[C@@H](NC(C)=O)[C@H](O[C@H]5[C@H](O)[C@@H](NC(C)=O)C(O)O[C@@H]5CO[C@@H]5O[C@@H](C)[C@@H](O)[C@@H](O)[C@@H]5O)O[C@@H]4CO)O[C@H](CO[C@H]4O[C@H](CO)[C@@H](O)[C@H](O)[C@@H]4O[C@@H]4O[C@H](CO)[C@@H](O[C@@H]5O[C@H](CO[C@]6(C(=O)O)C[C@H](O)[C@@H](NC(C)=O)[C@H]([C@H](O)[C@H](O)CO)O6)[C@H](O)[C@H](O)[C@H]5NC(C)=O)[C@H](O)[C@H]4NC(C)=O)[C@H]3O)O[C@H](CO)[C@@H](O)[C@@H]2O)O[C@H](CO)[C@@H](O[C@@H]2O[C@H](CO)[C@H](O)[C@H](O)[C@H]2NC(C)=O)[C@@H]1O. The van der Waals surface area contributed by atoms with E-state index in [2.05, 4.69) is 37.2 Å². The van der Waals surface area contributed by atoms with Crippen LogP contribution in [-0.4, -0.2) is 604 Å². The molecule has 11 heterocycles. The lowest BCUT2D eigenvalue weighted by molar-refractivity contribution is -0.398. The Hall–Kier alpha value is -6.20. The Morgan fingerprint density at radius 1 is 0.291 bits per heavy atom. The van der Waals surface area contributed by atoms with E-state index in [0.29, 0.717) is 0 Å². The number of amides is 7. The van der Waals surface area contributed by atoms with Gasteiger partial charge in [0.05, 0.1) is 84.3 Å². The van der Waals surface area contributed by atoms with Gasteiger partial charge in [-0.25, -0.2) is 4.79 Å². The van der Waals surface area contributed by atoms with Crippen LogP contribution >= 0.6 is 0 Å². The molecule has 36 N–H and O–H groups in total. The number of carbonyl (C=O) groups is 8. The molecule has 11 fully saturated rings. The number of hydrogen-bond acceptors (Lipinski definition) is 57. The lowest BCUT2D eigenvalue weighted by Crippen LogP contribution is -2.71. The number of carboxylic acids is 1. The van der Waals surface area contributed by atoms with Crippen LogP contribution in [0.2, 0.25) is 0 Å². The predicted molar refractivity (Wildman–Crippen MR) is 459 cm³/mol. The van der Waals surface area contributed by atoms with Gasteiger partial charge in [0, 0.05) is 54.9 Å². The average molecular weight is 2160 g/mol. The maximum absolute atomic E-state index is 13.4. The van der Waals surface area contributed by atoms with Gasteiger partial charge in [-0.15, -0.1) is 0 Å². The van der Waals surface area contributed by atoms with Gasteiger partial charge < -0.3 is 285 Å². The van der Waals surface area contributed by atoms with Gasteiger partial charge in [-0.3, -0.25) is 33.6 Å². The normalized spacial score (nSPS) is 46.5. The second-order valence-electron chi connectivity index (χ2n) is 37.5. The van der Waals surface area contributed by atoms with Crippen LogP contribution in [0.4, 0.5) is 0 Å². The average Bonchev–Trinajstić information content (AvgIpc) is 0.762.